The number of nitrogens with two attached hydrogens (primary N) is 1. The van der Waals surface area contributed by atoms with Gasteiger partial charge in [0, 0.05) is 30.9 Å². The Morgan fingerprint density at radius 2 is 1.55 bits per heavy atom. The minimum Gasteiger partial charge on any atom is -0.444 e. The van der Waals surface area contributed by atoms with Gasteiger partial charge in [0.15, 0.2) is 0 Å². The van der Waals surface area contributed by atoms with Gasteiger partial charge >= 0.3 is 18.3 Å². The number of carbonyl (C=O) groups excluding carboxylic acids is 3. The molecule has 0 saturated carbocycles. The number of ether oxygens (including phenoxy) is 1. The molecule has 0 bridgehead atoms. The molecule has 10 nitrogen and oxygen atoms in total. The Bertz CT molecular complexity index is 1210. The van der Waals surface area contributed by atoms with Crippen molar-refractivity contribution in [2.45, 2.75) is 77.2 Å². The standard InChI is InChI=1S/C13H19N3O.C10H20N2O2.C8H4F3NO/c1-10-2-4-11(5-3-10)15-13(17)16-12-6-8-14-9-7-12;1-10(2,3)14-9(13)12-6-4-8(11)5-7-12;9-8(10,11)6-1-3-7(4-2-6)12-5-13/h2-5,12,14H,6-9H2,1H3,(H2,15,16,17);8H,4-7,11H2,1-3H3;1-4H. The van der Waals surface area contributed by atoms with Crippen LogP contribution < -0.4 is 21.7 Å². The van der Waals surface area contributed by atoms with E-state index in [1.807, 2.05) is 52.0 Å². The van der Waals surface area contributed by atoms with E-state index in [2.05, 4.69) is 20.9 Å². The number of urea groups is 1. The SMILES string of the molecule is CC(C)(C)OC(=O)N1CCC(N)CC1.Cc1ccc(NC(=O)NC2CCNCC2)cc1.O=C=Nc1ccc(C(F)(F)F)cc1. The number of alkyl halides is 3. The number of anilines is 1. The highest BCUT2D eigenvalue weighted by Crippen LogP contribution is 2.30. The van der Waals surface area contributed by atoms with E-state index in [9.17, 15) is 27.6 Å². The van der Waals surface area contributed by atoms with Crippen LogP contribution in [0.3, 0.4) is 0 Å². The number of aryl methyl sites for hydroxylation is 1. The minimum absolute atomic E-state index is 0.110. The molecule has 242 valence electrons. The topological polar surface area (TPSA) is 138 Å². The first-order valence-corrected chi connectivity index (χ1v) is 14.5. The Morgan fingerprint density at radius 3 is 2.05 bits per heavy atom. The normalized spacial score (nSPS) is 15.8. The number of halogens is 3. The third kappa shape index (κ3) is 14.5. The Morgan fingerprint density at radius 1 is 0.977 bits per heavy atom. The number of benzene rings is 2. The van der Waals surface area contributed by atoms with Gasteiger partial charge in [-0.3, -0.25) is 0 Å². The fourth-order valence-electron chi connectivity index (χ4n) is 4.14. The van der Waals surface area contributed by atoms with Crippen molar-refractivity contribution < 1.29 is 32.3 Å². The van der Waals surface area contributed by atoms with Crippen molar-refractivity contribution in [2.75, 3.05) is 31.5 Å². The van der Waals surface area contributed by atoms with Gasteiger partial charge in [0.1, 0.15) is 5.60 Å². The van der Waals surface area contributed by atoms with Crippen molar-refractivity contribution >= 4 is 29.6 Å². The van der Waals surface area contributed by atoms with E-state index in [1.54, 1.807) is 4.90 Å². The van der Waals surface area contributed by atoms with Gasteiger partial charge in [0.25, 0.3) is 0 Å². The van der Waals surface area contributed by atoms with Crippen molar-refractivity contribution in [3.8, 4) is 0 Å². The van der Waals surface area contributed by atoms with Crippen LogP contribution in [0.2, 0.25) is 0 Å². The molecule has 2 aromatic carbocycles. The van der Waals surface area contributed by atoms with Crippen molar-refractivity contribution in [1.82, 2.24) is 15.5 Å². The summed E-state index contributed by atoms with van der Waals surface area (Å²) >= 11 is 0. The lowest BCUT2D eigenvalue weighted by molar-refractivity contribution is -0.137. The van der Waals surface area contributed by atoms with Crippen LogP contribution in [0.1, 0.15) is 57.6 Å². The number of aliphatic imine (C=N–C) groups is 1. The molecule has 0 spiro atoms. The van der Waals surface area contributed by atoms with Crippen LogP contribution in [0.15, 0.2) is 53.5 Å². The van der Waals surface area contributed by atoms with Crippen LogP contribution in [0.4, 0.5) is 34.1 Å². The zero-order valence-electron chi connectivity index (χ0n) is 25.7. The number of likely N-dealkylation sites (tertiary alicyclic amines) is 1. The Labute approximate surface area is 256 Å². The lowest BCUT2D eigenvalue weighted by Crippen LogP contribution is -2.44. The lowest BCUT2D eigenvalue weighted by atomic mass is 10.1. The van der Waals surface area contributed by atoms with E-state index in [4.69, 9.17) is 10.5 Å². The largest absolute Gasteiger partial charge is 0.444 e. The summed E-state index contributed by atoms with van der Waals surface area (Å²) < 4.78 is 41.3. The summed E-state index contributed by atoms with van der Waals surface area (Å²) in [5, 5.41) is 9.11. The number of nitrogens with zero attached hydrogens (tertiary/aromatic N) is 2. The molecule has 2 saturated heterocycles. The fraction of sp³-hybridized carbons (Fsp3) is 0.516. The van der Waals surface area contributed by atoms with Gasteiger partial charge in [-0.25, -0.2) is 14.4 Å². The molecule has 5 N–H and O–H groups in total. The van der Waals surface area contributed by atoms with Gasteiger partial charge in [-0.2, -0.15) is 18.2 Å². The van der Waals surface area contributed by atoms with E-state index in [-0.39, 0.29) is 23.9 Å². The van der Waals surface area contributed by atoms with Crippen molar-refractivity contribution in [3.05, 3.63) is 59.7 Å². The molecule has 2 aromatic rings. The molecule has 0 aliphatic carbocycles. The number of piperidine rings is 2. The summed E-state index contributed by atoms with van der Waals surface area (Å²) in [6.07, 6.45) is 0.411. The quantitative estimate of drug-likeness (QED) is 0.250. The zero-order chi connectivity index (χ0) is 32.8. The predicted octanol–water partition coefficient (Wildman–Crippen LogP) is 5.89. The minimum atomic E-state index is -4.36. The second-order valence-corrected chi connectivity index (χ2v) is 11.5. The third-order valence-corrected chi connectivity index (χ3v) is 6.54. The van der Waals surface area contributed by atoms with Gasteiger partial charge in [-0.15, -0.1) is 0 Å². The molecule has 2 aliphatic rings. The predicted molar refractivity (Wildman–Crippen MR) is 163 cm³/mol. The molecule has 44 heavy (non-hydrogen) atoms. The maximum absolute atomic E-state index is 12.0. The summed E-state index contributed by atoms with van der Waals surface area (Å²) in [7, 11) is 0. The Balaban J connectivity index is 0.000000233. The molecule has 0 aromatic heterocycles. The number of amides is 3. The number of hydrogen-bond donors (Lipinski definition) is 4. The molecule has 4 rings (SSSR count). The van der Waals surface area contributed by atoms with Crippen LogP contribution in [0.5, 0.6) is 0 Å². The second kappa shape index (κ2) is 17.4. The summed E-state index contributed by atoms with van der Waals surface area (Å²) in [6, 6.07) is 12.2. The average Bonchev–Trinajstić information content (AvgIpc) is 2.95. The highest BCUT2D eigenvalue weighted by molar-refractivity contribution is 5.89. The molecule has 3 amide bonds. The number of isocyanates is 1. The molecular formula is C31H43F3N6O4. The molecular weight excluding hydrogens is 577 g/mol. The van der Waals surface area contributed by atoms with E-state index in [0.717, 1.165) is 81.8 Å². The van der Waals surface area contributed by atoms with Crippen molar-refractivity contribution in [2.24, 2.45) is 10.7 Å². The first-order chi connectivity index (χ1) is 20.7. The van der Waals surface area contributed by atoms with Crippen LogP contribution in [-0.4, -0.2) is 67.0 Å². The first-order valence-electron chi connectivity index (χ1n) is 14.5. The highest BCUT2D eigenvalue weighted by atomic mass is 19.4. The molecule has 2 heterocycles. The Hall–Kier alpha value is -3.93. The van der Waals surface area contributed by atoms with Gasteiger partial charge in [-0.1, -0.05) is 17.7 Å². The first kappa shape index (κ1) is 36.3. The number of hydrogen-bond acceptors (Lipinski definition) is 7. The Kier molecular flexibility index (Phi) is 14.3. The van der Waals surface area contributed by atoms with E-state index >= 15 is 0 Å². The number of carbonyl (C=O) groups is 2. The zero-order valence-corrected chi connectivity index (χ0v) is 25.7. The van der Waals surface area contributed by atoms with Gasteiger partial charge in [-0.05, 0) is 103 Å². The molecule has 13 heteroatoms. The summed E-state index contributed by atoms with van der Waals surface area (Å²) in [5.74, 6) is 0. The highest BCUT2D eigenvalue weighted by Gasteiger charge is 2.30. The second-order valence-electron chi connectivity index (χ2n) is 11.5. The van der Waals surface area contributed by atoms with Gasteiger partial charge < -0.3 is 31.3 Å². The molecule has 0 radical (unpaired) electrons. The van der Waals surface area contributed by atoms with Crippen molar-refractivity contribution in [3.63, 3.8) is 0 Å². The fourth-order valence-corrected chi connectivity index (χ4v) is 4.14. The van der Waals surface area contributed by atoms with Crippen LogP contribution in [-0.2, 0) is 15.7 Å². The van der Waals surface area contributed by atoms with E-state index in [0.29, 0.717) is 6.04 Å². The smallest absolute Gasteiger partial charge is 0.416 e. The van der Waals surface area contributed by atoms with Crippen molar-refractivity contribution in [1.29, 1.82) is 0 Å². The lowest BCUT2D eigenvalue weighted by Gasteiger charge is -2.32. The summed E-state index contributed by atoms with van der Waals surface area (Å²) in [6.45, 7) is 11.1. The monoisotopic (exact) mass is 620 g/mol. The van der Waals surface area contributed by atoms with Crippen LogP contribution >= 0.6 is 0 Å². The third-order valence-electron chi connectivity index (χ3n) is 6.54. The van der Waals surface area contributed by atoms with E-state index < -0.39 is 17.3 Å². The molecule has 0 unspecified atom stereocenters. The average molecular weight is 621 g/mol. The molecule has 2 aliphatic heterocycles. The summed E-state index contributed by atoms with van der Waals surface area (Å²) in [5.41, 5.74) is 6.75. The van der Waals surface area contributed by atoms with Crippen LogP contribution in [0, 0.1) is 6.92 Å². The maximum Gasteiger partial charge on any atom is 0.416 e. The number of nitrogens with one attached hydrogen (secondary N) is 3. The summed E-state index contributed by atoms with van der Waals surface area (Å²) in [4.78, 5) is 37.9. The number of rotatable bonds is 3. The molecule has 2 fully saturated rings. The van der Waals surface area contributed by atoms with Crippen LogP contribution in [0.25, 0.3) is 0 Å². The molecule has 0 atom stereocenters. The maximum atomic E-state index is 12.0. The van der Waals surface area contributed by atoms with Gasteiger partial charge in [0.05, 0.1) is 11.3 Å². The van der Waals surface area contributed by atoms with Gasteiger partial charge in [0.2, 0.25) is 6.08 Å². The van der Waals surface area contributed by atoms with E-state index in [1.165, 1.54) is 11.6 Å².